The van der Waals surface area contributed by atoms with Crippen LogP contribution in [-0.2, 0) is 9.63 Å². The molecule has 0 saturated carbocycles. The molecule has 0 bridgehead atoms. The van der Waals surface area contributed by atoms with E-state index >= 15 is 0 Å². The van der Waals surface area contributed by atoms with Crippen molar-refractivity contribution in [1.29, 1.82) is 0 Å². The van der Waals surface area contributed by atoms with Gasteiger partial charge in [0.05, 0.1) is 0 Å². The van der Waals surface area contributed by atoms with E-state index in [9.17, 15) is 4.79 Å². The highest BCUT2D eigenvalue weighted by Gasteiger charge is 2.19. The van der Waals surface area contributed by atoms with Crippen LogP contribution in [0.4, 0.5) is 5.13 Å². The average molecular weight is 215 g/mol. The van der Waals surface area contributed by atoms with Crippen LogP contribution in [0.2, 0.25) is 0 Å². The number of carboxylic acid groups (broad SMARTS) is 1. The molecular weight excluding hydrogens is 206 g/mol. The number of aliphatic carboxylic acids is 1. The van der Waals surface area contributed by atoms with E-state index in [0.29, 0.717) is 10.0 Å². The molecule has 1 aromatic rings. The van der Waals surface area contributed by atoms with Gasteiger partial charge in [-0.2, -0.15) is 0 Å². The first-order valence-electron chi connectivity index (χ1n) is 3.64. The van der Waals surface area contributed by atoms with Crippen molar-refractivity contribution in [2.45, 2.75) is 6.92 Å². The molecule has 1 rings (SSSR count). The third kappa shape index (κ3) is 1.99. The largest absolute Gasteiger partial charge is 0.476 e. The third-order valence-electron chi connectivity index (χ3n) is 1.42. The lowest BCUT2D eigenvalue weighted by molar-refractivity contribution is -0.129. The highest BCUT2D eigenvalue weighted by Crippen LogP contribution is 2.19. The van der Waals surface area contributed by atoms with E-state index < -0.39 is 5.97 Å². The van der Waals surface area contributed by atoms with Crippen molar-refractivity contribution in [3.8, 4) is 0 Å². The molecule has 0 fully saturated rings. The second-order valence-electron chi connectivity index (χ2n) is 2.38. The summed E-state index contributed by atoms with van der Waals surface area (Å²) in [6, 6.07) is 0. The maximum absolute atomic E-state index is 10.8. The molecule has 0 aliphatic rings. The first-order chi connectivity index (χ1) is 6.56. The summed E-state index contributed by atoms with van der Waals surface area (Å²) in [4.78, 5) is 19.7. The third-order valence-corrected chi connectivity index (χ3v) is 2.22. The Balaban J connectivity index is 3.18. The van der Waals surface area contributed by atoms with Crippen molar-refractivity contribution in [3.63, 3.8) is 0 Å². The summed E-state index contributed by atoms with van der Waals surface area (Å²) in [5.41, 5.74) is 5.45. The molecule has 14 heavy (non-hydrogen) atoms. The van der Waals surface area contributed by atoms with Crippen LogP contribution in [0.15, 0.2) is 5.16 Å². The minimum absolute atomic E-state index is 0.238. The number of nitrogens with two attached hydrogens (primary N) is 1. The predicted molar refractivity (Wildman–Crippen MR) is 52.4 cm³/mol. The Morgan fingerprint density at radius 2 is 2.36 bits per heavy atom. The highest BCUT2D eigenvalue weighted by molar-refractivity contribution is 7.15. The minimum atomic E-state index is -1.19. The molecule has 76 valence electrons. The van der Waals surface area contributed by atoms with Crippen LogP contribution in [0.1, 0.15) is 10.6 Å². The number of aryl methyl sites for hydroxylation is 1. The number of nitrogens with zero attached hydrogens (tertiary/aromatic N) is 2. The van der Waals surface area contributed by atoms with Gasteiger partial charge in [-0.15, -0.1) is 11.3 Å². The van der Waals surface area contributed by atoms with Crippen molar-refractivity contribution in [1.82, 2.24) is 4.98 Å². The fraction of sp³-hybridized carbons (Fsp3) is 0.286. The van der Waals surface area contributed by atoms with E-state index in [1.54, 1.807) is 6.92 Å². The van der Waals surface area contributed by atoms with Crippen LogP contribution in [0.25, 0.3) is 0 Å². The zero-order valence-electron chi connectivity index (χ0n) is 7.64. The molecule has 1 aromatic heterocycles. The molecule has 0 radical (unpaired) electrons. The molecule has 6 nitrogen and oxygen atoms in total. The molecule has 1 heterocycles. The molecular formula is C7H9N3O3S. The van der Waals surface area contributed by atoms with Gasteiger partial charge in [0.25, 0.3) is 0 Å². The minimum Gasteiger partial charge on any atom is -0.476 e. The molecule has 0 aromatic carbocycles. The van der Waals surface area contributed by atoms with Gasteiger partial charge in [-0.1, -0.05) is 5.16 Å². The summed E-state index contributed by atoms with van der Waals surface area (Å²) in [5.74, 6) is -1.19. The van der Waals surface area contributed by atoms with Gasteiger partial charge in [0.1, 0.15) is 12.8 Å². The fourth-order valence-corrected chi connectivity index (χ4v) is 1.60. The summed E-state index contributed by atoms with van der Waals surface area (Å²) in [6.45, 7) is 1.72. The van der Waals surface area contributed by atoms with E-state index in [-0.39, 0.29) is 11.4 Å². The molecule has 3 N–H and O–H groups in total. The van der Waals surface area contributed by atoms with Gasteiger partial charge in [0, 0.05) is 4.88 Å². The summed E-state index contributed by atoms with van der Waals surface area (Å²) in [6.07, 6.45) is 0. The van der Waals surface area contributed by atoms with Gasteiger partial charge >= 0.3 is 5.97 Å². The lowest BCUT2D eigenvalue weighted by Crippen LogP contribution is -2.16. The number of carboxylic acids is 1. The first kappa shape index (κ1) is 10.5. The van der Waals surface area contributed by atoms with Gasteiger partial charge in [0.15, 0.2) is 5.13 Å². The Hall–Kier alpha value is -1.63. The topological polar surface area (TPSA) is 97.8 Å². The van der Waals surface area contributed by atoms with Crippen LogP contribution in [-0.4, -0.2) is 28.9 Å². The lowest BCUT2D eigenvalue weighted by atomic mass is 10.2. The van der Waals surface area contributed by atoms with E-state index in [1.165, 1.54) is 18.4 Å². The number of anilines is 1. The second-order valence-corrected chi connectivity index (χ2v) is 3.62. The quantitative estimate of drug-likeness (QED) is 0.564. The van der Waals surface area contributed by atoms with Gasteiger partial charge in [-0.05, 0) is 6.92 Å². The second kappa shape index (κ2) is 4.05. The Kier molecular flexibility index (Phi) is 3.03. The number of hydrogen-bond donors (Lipinski definition) is 2. The number of oxime groups is 1. The number of thiazole rings is 1. The molecule has 0 spiro atoms. The lowest BCUT2D eigenvalue weighted by Gasteiger charge is -1.96. The van der Waals surface area contributed by atoms with E-state index in [1.807, 2.05) is 0 Å². The molecule has 0 aliphatic carbocycles. The summed E-state index contributed by atoms with van der Waals surface area (Å²) in [5, 5.41) is 12.5. The van der Waals surface area contributed by atoms with Gasteiger partial charge in [-0.3, -0.25) is 0 Å². The maximum Gasteiger partial charge on any atom is 0.360 e. The Labute approximate surface area is 84.0 Å². The molecule has 0 saturated heterocycles. The van der Waals surface area contributed by atoms with Crippen LogP contribution < -0.4 is 5.73 Å². The first-order valence-corrected chi connectivity index (χ1v) is 4.45. The number of carbonyl (C=O) groups is 1. The fourth-order valence-electron chi connectivity index (χ4n) is 0.911. The van der Waals surface area contributed by atoms with E-state index in [2.05, 4.69) is 15.0 Å². The zero-order valence-corrected chi connectivity index (χ0v) is 8.46. The number of hydrogen-bond acceptors (Lipinski definition) is 6. The molecule has 7 heteroatoms. The summed E-state index contributed by atoms with van der Waals surface area (Å²) in [7, 11) is 1.27. The van der Waals surface area contributed by atoms with Crippen LogP contribution in [0.3, 0.4) is 0 Å². The van der Waals surface area contributed by atoms with Gasteiger partial charge in [0.2, 0.25) is 5.71 Å². The zero-order chi connectivity index (χ0) is 10.7. The van der Waals surface area contributed by atoms with Gasteiger partial charge < -0.3 is 15.7 Å². The Morgan fingerprint density at radius 3 is 2.71 bits per heavy atom. The Bertz CT molecular complexity index is 386. The van der Waals surface area contributed by atoms with Crippen LogP contribution in [0.5, 0.6) is 0 Å². The normalized spacial score (nSPS) is 11.4. The molecule has 0 atom stereocenters. The van der Waals surface area contributed by atoms with Crippen molar-refractivity contribution in [2.24, 2.45) is 5.16 Å². The van der Waals surface area contributed by atoms with Crippen molar-refractivity contribution in [3.05, 3.63) is 10.6 Å². The van der Waals surface area contributed by atoms with Crippen LogP contribution in [0, 0.1) is 6.92 Å². The smallest absolute Gasteiger partial charge is 0.360 e. The Morgan fingerprint density at radius 1 is 1.71 bits per heavy atom. The molecule has 0 unspecified atom stereocenters. The predicted octanol–water partition coefficient (Wildman–Crippen LogP) is 0.469. The van der Waals surface area contributed by atoms with E-state index in [4.69, 9.17) is 10.8 Å². The number of rotatable bonds is 3. The SMILES string of the molecule is CON=C(C(=O)O)c1nc(N)sc1C. The van der Waals surface area contributed by atoms with Crippen molar-refractivity contribution >= 4 is 28.1 Å². The summed E-state index contributed by atoms with van der Waals surface area (Å²) < 4.78 is 0. The number of nitrogen functional groups attached to an aromatic ring is 1. The standard InChI is InChI=1S/C7H9N3O3S/c1-3-4(9-7(8)14-3)5(6(11)12)10-13-2/h1-2H3,(H2,8,9)(H,11,12). The van der Waals surface area contributed by atoms with Crippen molar-refractivity contribution < 1.29 is 14.7 Å². The average Bonchev–Trinajstić information content (AvgIpc) is 2.40. The van der Waals surface area contributed by atoms with E-state index in [0.717, 1.165) is 0 Å². The molecule has 0 aliphatic heterocycles. The number of aromatic nitrogens is 1. The summed E-state index contributed by atoms with van der Waals surface area (Å²) >= 11 is 1.21. The van der Waals surface area contributed by atoms with Gasteiger partial charge in [-0.25, -0.2) is 9.78 Å². The highest BCUT2D eigenvalue weighted by atomic mass is 32.1. The van der Waals surface area contributed by atoms with Crippen LogP contribution >= 0.6 is 11.3 Å². The monoisotopic (exact) mass is 215 g/mol. The van der Waals surface area contributed by atoms with Crippen molar-refractivity contribution in [2.75, 3.05) is 12.8 Å². The molecule has 0 amide bonds. The maximum atomic E-state index is 10.8.